The summed E-state index contributed by atoms with van der Waals surface area (Å²) in [6.45, 7) is 11.4. The van der Waals surface area contributed by atoms with Crippen LogP contribution in [0.1, 0.15) is 38.3 Å². The molecule has 0 spiro atoms. The van der Waals surface area contributed by atoms with Crippen LogP contribution >= 0.6 is 0 Å². The molecule has 1 heterocycles. The molecule has 1 aliphatic rings. The fraction of sp³-hybridized carbons (Fsp3) is 0.611. The molecule has 0 fully saturated rings. The Bertz CT molecular complexity index is 484. The van der Waals surface area contributed by atoms with E-state index >= 15 is 0 Å². The topological polar surface area (TPSA) is 39.7 Å². The summed E-state index contributed by atoms with van der Waals surface area (Å²) in [5.74, 6) is 0.939. The fourth-order valence-corrected chi connectivity index (χ4v) is 2.70. The Kier molecular flexibility index (Phi) is 6.72. The van der Waals surface area contributed by atoms with E-state index in [0.717, 1.165) is 51.5 Å². The first kappa shape index (κ1) is 16.8. The van der Waals surface area contributed by atoms with Crippen molar-refractivity contribution in [3.63, 3.8) is 0 Å². The van der Waals surface area contributed by atoms with Crippen LogP contribution in [0.3, 0.4) is 0 Å². The molecule has 2 N–H and O–H groups in total. The van der Waals surface area contributed by atoms with Crippen molar-refractivity contribution in [2.45, 2.75) is 46.2 Å². The maximum absolute atomic E-state index is 4.70. The molecule has 4 nitrogen and oxygen atoms in total. The predicted octanol–water partition coefficient (Wildman–Crippen LogP) is 2.40. The summed E-state index contributed by atoms with van der Waals surface area (Å²) < 4.78 is 0. The molecule has 1 atom stereocenters. The molecule has 0 saturated carbocycles. The third-order valence-electron chi connectivity index (χ3n) is 4.24. The number of hydrogen-bond acceptors (Lipinski definition) is 2. The number of rotatable bonds is 6. The maximum atomic E-state index is 4.70. The molecular formula is C18H30N4. The third kappa shape index (κ3) is 5.02. The minimum absolute atomic E-state index is 0.458. The van der Waals surface area contributed by atoms with Crippen LogP contribution in [0.4, 0.5) is 0 Å². The van der Waals surface area contributed by atoms with Gasteiger partial charge in [-0.15, -0.1) is 0 Å². The number of guanidine groups is 1. The van der Waals surface area contributed by atoms with Gasteiger partial charge >= 0.3 is 0 Å². The fourth-order valence-electron chi connectivity index (χ4n) is 2.70. The predicted molar refractivity (Wildman–Crippen MR) is 94.3 cm³/mol. The van der Waals surface area contributed by atoms with Gasteiger partial charge in [0.25, 0.3) is 0 Å². The molecule has 0 aromatic heterocycles. The second-order valence-electron chi connectivity index (χ2n) is 6.01. The minimum Gasteiger partial charge on any atom is -0.357 e. The van der Waals surface area contributed by atoms with Gasteiger partial charge in [-0.1, -0.05) is 31.2 Å². The normalized spacial score (nSPS) is 17.0. The van der Waals surface area contributed by atoms with Gasteiger partial charge in [0.2, 0.25) is 0 Å². The summed E-state index contributed by atoms with van der Waals surface area (Å²) in [5, 5.41) is 6.76. The average Bonchev–Trinajstić information content (AvgIpc) is 2.54. The van der Waals surface area contributed by atoms with Gasteiger partial charge in [0, 0.05) is 32.2 Å². The number of nitrogens with zero attached hydrogens (tertiary/aromatic N) is 2. The average molecular weight is 302 g/mol. The van der Waals surface area contributed by atoms with Crippen LogP contribution in [0.15, 0.2) is 29.3 Å². The van der Waals surface area contributed by atoms with E-state index < -0.39 is 0 Å². The second kappa shape index (κ2) is 8.79. The van der Waals surface area contributed by atoms with E-state index in [0.29, 0.717) is 6.04 Å². The molecule has 1 unspecified atom stereocenters. The summed E-state index contributed by atoms with van der Waals surface area (Å²) in [6.07, 6.45) is 2.26. The largest absolute Gasteiger partial charge is 0.357 e. The summed E-state index contributed by atoms with van der Waals surface area (Å²) in [6, 6.07) is 9.24. The molecule has 1 aromatic rings. The lowest BCUT2D eigenvalue weighted by molar-refractivity contribution is 0.261. The lowest BCUT2D eigenvalue weighted by Gasteiger charge is -2.28. The first-order valence-electron chi connectivity index (χ1n) is 8.57. The zero-order valence-corrected chi connectivity index (χ0v) is 14.2. The molecule has 0 bridgehead atoms. The van der Waals surface area contributed by atoms with Gasteiger partial charge in [0.05, 0.1) is 6.54 Å². The van der Waals surface area contributed by atoms with Crippen molar-refractivity contribution in [1.82, 2.24) is 15.5 Å². The summed E-state index contributed by atoms with van der Waals surface area (Å²) in [5.41, 5.74) is 2.98. The SMILES string of the molecule is CCNC(=NCCN1CCc2ccccc2C1)NC(C)CC. The molecule has 1 aliphatic heterocycles. The molecule has 122 valence electrons. The molecule has 4 heteroatoms. The van der Waals surface area contributed by atoms with Crippen LogP contribution in [0.5, 0.6) is 0 Å². The standard InChI is InChI=1S/C18H30N4/c1-4-15(3)21-18(19-5-2)20-11-13-22-12-10-16-8-6-7-9-17(16)14-22/h6-9,15H,4-5,10-14H2,1-3H3,(H2,19,20,21). The van der Waals surface area contributed by atoms with Crippen LogP contribution in [0.2, 0.25) is 0 Å². The van der Waals surface area contributed by atoms with Gasteiger partial charge in [-0.3, -0.25) is 9.89 Å². The van der Waals surface area contributed by atoms with Crippen LogP contribution in [0.25, 0.3) is 0 Å². The van der Waals surface area contributed by atoms with E-state index in [4.69, 9.17) is 4.99 Å². The zero-order chi connectivity index (χ0) is 15.8. The van der Waals surface area contributed by atoms with E-state index in [9.17, 15) is 0 Å². The number of hydrogen-bond donors (Lipinski definition) is 2. The van der Waals surface area contributed by atoms with Crippen molar-refractivity contribution in [3.05, 3.63) is 35.4 Å². The number of benzene rings is 1. The highest BCUT2D eigenvalue weighted by molar-refractivity contribution is 5.80. The van der Waals surface area contributed by atoms with Crippen molar-refractivity contribution in [1.29, 1.82) is 0 Å². The van der Waals surface area contributed by atoms with Gasteiger partial charge < -0.3 is 10.6 Å². The smallest absolute Gasteiger partial charge is 0.191 e. The third-order valence-corrected chi connectivity index (χ3v) is 4.24. The van der Waals surface area contributed by atoms with E-state index in [1.165, 1.54) is 11.1 Å². The van der Waals surface area contributed by atoms with Gasteiger partial charge in [0.1, 0.15) is 0 Å². The molecular weight excluding hydrogens is 272 g/mol. The number of nitrogens with one attached hydrogen (secondary N) is 2. The van der Waals surface area contributed by atoms with Crippen molar-refractivity contribution >= 4 is 5.96 Å². The van der Waals surface area contributed by atoms with E-state index in [-0.39, 0.29) is 0 Å². The summed E-state index contributed by atoms with van der Waals surface area (Å²) in [7, 11) is 0. The van der Waals surface area contributed by atoms with Crippen molar-refractivity contribution in [2.24, 2.45) is 4.99 Å². The Morgan fingerprint density at radius 3 is 2.77 bits per heavy atom. The zero-order valence-electron chi connectivity index (χ0n) is 14.2. The van der Waals surface area contributed by atoms with E-state index in [2.05, 4.69) is 60.6 Å². The van der Waals surface area contributed by atoms with Crippen LogP contribution in [-0.4, -0.2) is 43.1 Å². The first-order valence-corrected chi connectivity index (χ1v) is 8.57. The highest BCUT2D eigenvalue weighted by Gasteiger charge is 2.14. The molecule has 0 amide bonds. The van der Waals surface area contributed by atoms with E-state index in [1.807, 2.05) is 0 Å². The Balaban J connectivity index is 1.83. The van der Waals surface area contributed by atoms with Gasteiger partial charge in [0.15, 0.2) is 5.96 Å². The molecule has 1 aromatic carbocycles. The quantitative estimate of drug-likeness (QED) is 0.626. The second-order valence-corrected chi connectivity index (χ2v) is 6.01. The Morgan fingerprint density at radius 1 is 1.27 bits per heavy atom. The maximum Gasteiger partial charge on any atom is 0.191 e. The molecule has 0 aliphatic carbocycles. The first-order chi connectivity index (χ1) is 10.7. The van der Waals surface area contributed by atoms with Crippen molar-refractivity contribution in [2.75, 3.05) is 26.2 Å². The number of fused-ring (bicyclic) bond motifs is 1. The van der Waals surface area contributed by atoms with Gasteiger partial charge in [-0.05, 0) is 37.8 Å². The van der Waals surface area contributed by atoms with Crippen molar-refractivity contribution < 1.29 is 0 Å². The molecule has 0 radical (unpaired) electrons. The van der Waals surface area contributed by atoms with E-state index in [1.54, 1.807) is 0 Å². The Morgan fingerprint density at radius 2 is 2.05 bits per heavy atom. The summed E-state index contributed by atoms with van der Waals surface area (Å²) >= 11 is 0. The van der Waals surface area contributed by atoms with Gasteiger partial charge in [-0.2, -0.15) is 0 Å². The van der Waals surface area contributed by atoms with Crippen molar-refractivity contribution in [3.8, 4) is 0 Å². The lowest BCUT2D eigenvalue weighted by Crippen LogP contribution is -2.42. The highest BCUT2D eigenvalue weighted by atomic mass is 15.2. The van der Waals surface area contributed by atoms with Crippen LogP contribution in [-0.2, 0) is 13.0 Å². The Labute approximate surface area is 135 Å². The minimum atomic E-state index is 0.458. The van der Waals surface area contributed by atoms with Gasteiger partial charge in [-0.25, -0.2) is 0 Å². The molecule has 22 heavy (non-hydrogen) atoms. The van der Waals surface area contributed by atoms with Crippen LogP contribution < -0.4 is 10.6 Å². The molecule has 2 rings (SSSR count). The number of aliphatic imine (C=N–C) groups is 1. The molecule has 0 saturated heterocycles. The summed E-state index contributed by atoms with van der Waals surface area (Å²) in [4.78, 5) is 7.20. The Hall–Kier alpha value is -1.55. The van der Waals surface area contributed by atoms with Crippen LogP contribution in [0, 0.1) is 0 Å². The lowest BCUT2D eigenvalue weighted by atomic mass is 10.0. The highest BCUT2D eigenvalue weighted by Crippen LogP contribution is 2.17. The monoisotopic (exact) mass is 302 g/mol.